The van der Waals surface area contributed by atoms with Crippen molar-refractivity contribution in [1.82, 2.24) is 4.98 Å². The van der Waals surface area contributed by atoms with E-state index in [2.05, 4.69) is 37.9 Å². The predicted octanol–water partition coefficient (Wildman–Crippen LogP) is 2.97. The number of amidine groups is 1. The lowest BCUT2D eigenvalue weighted by Gasteiger charge is -2.25. The first-order valence-electron chi connectivity index (χ1n) is 6.58. The smallest absolute Gasteiger partial charge is 0.172 e. The summed E-state index contributed by atoms with van der Waals surface area (Å²) in [5, 5.41) is 12.1. The van der Waals surface area contributed by atoms with Gasteiger partial charge in [0.2, 0.25) is 0 Å². The molecule has 21 heavy (non-hydrogen) atoms. The Morgan fingerprint density at radius 3 is 2.81 bits per heavy atom. The molecule has 0 fully saturated rings. The topological polar surface area (TPSA) is 74.7 Å². The molecule has 0 spiro atoms. The summed E-state index contributed by atoms with van der Waals surface area (Å²) in [5.74, 6) is 0.0944. The van der Waals surface area contributed by atoms with E-state index in [0.717, 1.165) is 22.4 Å². The summed E-state index contributed by atoms with van der Waals surface area (Å²) in [5.41, 5.74) is 8.33. The summed E-state index contributed by atoms with van der Waals surface area (Å²) in [6, 6.07) is 11.5. The number of rotatable bonds is 5. The molecule has 0 aliphatic heterocycles. The van der Waals surface area contributed by atoms with Gasteiger partial charge < -0.3 is 15.8 Å². The van der Waals surface area contributed by atoms with Gasteiger partial charge in [-0.2, -0.15) is 0 Å². The third-order valence-electron chi connectivity index (χ3n) is 3.14. The average Bonchev–Trinajstić information content (AvgIpc) is 2.52. The Morgan fingerprint density at radius 2 is 2.19 bits per heavy atom. The lowest BCUT2D eigenvalue weighted by molar-refractivity contribution is 0.318. The number of oxime groups is 1. The summed E-state index contributed by atoms with van der Waals surface area (Å²) in [4.78, 5) is 6.47. The molecule has 0 aliphatic carbocycles. The maximum atomic E-state index is 8.95. The van der Waals surface area contributed by atoms with E-state index in [9.17, 15) is 0 Å². The summed E-state index contributed by atoms with van der Waals surface area (Å²) in [6.45, 7) is 3.48. The van der Waals surface area contributed by atoms with E-state index in [4.69, 9.17) is 10.9 Å². The average molecular weight is 349 g/mol. The first-order chi connectivity index (χ1) is 10.2. The van der Waals surface area contributed by atoms with E-state index in [1.807, 2.05) is 36.4 Å². The standard InChI is InChI=1S/C15H17BrN4O/c1-2-20(10-12-5-3-4-8-18-12)14-9-11(16)6-7-13(14)15(17)19-21/h3-9,21H,2,10H2,1H3,(H2,17,19). The van der Waals surface area contributed by atoms with Gasteiger partial charge in [0.1, 0.15) is 0 Å². The quantitative estimate of drug-likeness (QED) is 0.377. The lowest BCUT2D eigenvalue weighted by Crippen LogP contribution is -2.26. The molecule has 3 N–H and O–H groups in total. The van der Waals surface area contributed by atoms with Crippen molar-refractivity contribution >= 4 is 27.5 Å². The van der Waals surface area contributed by atoms with Crippen LogP contribution in [0.1, 0.15) is 18.2 Å². The molecule has 0 atom stereocenters. The van der Waals surface area contributed by atoms with Crippen molar-refractivity contribution in [3.05, 3.63) is 58.3 Å². The summed E-state index contributed by atoms with van der Waals surface area (Å²) in [6.07, 6.45) is 1.77. The molecule has 0 bridgehead atoms. The van der Waals surface area contributed by atoms with Gasteiger partial charge in [-0.25, -0.2) is 0 Å². The molecule has 2 rings (SSSR count). The van der Waals surface area contributed by atoms with Crippen LogP contribution in [0.25, 0.3) is 0 Å². The fourth-order valence-corrected chi connectivity index (χ4v) is 2.44. The van der Waals surface area contributed by atoms with Gasteiger partial charge in [-0.3, -0.25) is 4.98 Å². The highest BCUT2D eigenvalue weighted by Gasteiger charge is 2.14. The Bertz CT molecular complexity index is 631. The number of anilines is 1. The number of aromatic nitrogens is 1. The zero-order chi connectivity index (χ0) is 15.2. The first-order valence-corrected chi connectivity index (χ1v) is 7.37. The number of nitrogens with zero attached hydrogens (tertiary/aromatic N) is 3. The van der Waals surface area contributed by atoms with Crippen LogP contribution in [-0.2, 0) is 6.54 Å². The molecule has 110 valence electrons. The second-order valence-corrected chi connectivity index (χ2v) is 5.40. The second-order valence-electron chi connectivity index (χ2n) is 4.48. The Kier molecular flexibility index (Phi) is 5.16. The van der Waals surface area contributed by atoms with E-state index in [1.54, 1.807) is 6.20 Å². The Hall–Kier alpha value is -2.08. The molecular weight excluding hydrogens is 332 g/mol. The number of hydrogen-bond acceptors (Lipinski definition) is 4. The van der Waals surface area contributed by atoms with Gasteiger partial charge in [0, 0.05) is 28.5 Å². The lowest BCUT2D eigenvalue weighted by atomic mass is 10.1. The Labute approximate surface area is 132 Å². The molecule has 6 heteroatoms. The van der Waals surface area contributed by atoms with Crippen LogP contribution in [0.3, 0.4) is 0 Å². The fraction of sp³-hybridized carbons (Fsp3) is 0.200. The number of nitrogens with two attached hydrogens (primary N) is 1. The van der Waals surface area contributed by atoms with Crippen LogP contribution in [0.5, 0.6) is 0 Å². The molecule has 0 saturated heterocycles. The van der Waals surface area contributed by atoms with Gasteiger partial charge in [-0.05, 0) is 37.3 Å². The zero-order valence-electron chi connectivity index (χ0n) is 11.7. The van der Waals surface area contributed by atoms with Crippen LogP contribution in [0.15, 0.2) is 52.2 Å². The highest BCUT2D eigenvalue weighted by atomic mass is 79.9. The highest BCUT2D eigenvalue weighted by Crippen LogP contribution is 2.26. The number of hydrogen-bond donors (Lipinski definition) is 2. The summed E-state index contributed by atoms with van der Waals surface area (Å²) < 4.78 is 0.937. The van der Waals surface area contributed by atoms with Crippen molar-refractivity contribution in [2.75, 3.05) is 11.4 Å². The van der Waals surface area contributed by atoms with Crippen molar-refractivity contribution in [2.24, 2.45) is 10.9 Å². The van der Waals surface area contributed by atoms with Crippen LogP contribution < -0.4 is 10.6 Å². The molecular formula is C15H17BrN4O. The predicted molar refractivity (Wildman–Crippen MR) is 87.6 cm³/mol. The molecule has 0 saturated carbocycles. The van der Waals surface area contributed by atoms with Gasteiger partial charge in [0.05, 0.1) is 12.2 Å². The minimum Gasteiger partial charge on any atom is -0.409 e. The molecule has 1 aromatic carbocycles. The molecule has 0 aliphatic rings. The van der Waals surface area contributed by atoms with Crippen molar-refractivity contribution in [2.45, 2.75) is 13.5 Å². The number of benzene rings is 1. The first kappa shape index (κ1) is 15.3. The summed E-state index contributed by atoms with van der Waals surface area (Å²) >= 11 is 3.46. The monoisotopic (exact) mass is 348 g/mol. The SMILES string of the molecule is CCN(Cc1ccccn1)c1cc(Br)ccc1/C(N)=N/O. The van der Waals surface area contributed by atoms with E-state index >= 15 is 0 Å². The number of halogens is 1. The highest BCUT2D eigenvalue weighted by molar-refractivity contribution is 9.10. The molecule has 0 amide bonds. The van der Waals surface area contributed by atoms with E-state index < -0.39 is 0 Å². The van der Waals surface area contributed by atoms with Crippen molar-refractivity contribution in [3.8, 4) is 0 Å². The zero-order valence-corrected chi connectivity index (χ0v) is 13.3. The summed E-state index contributed by atoms with van der Waals surface area (Å²) in [7, 11) is 0. The molecule has 5 nitrogen and oxygen atoms in total. The van der Waals surface area contributed by atoms with Crippen LogP contribution in [-0.4, -0.2) is 22.6 Å². The van der Waals surface area contributed by atoms with Gasteiger partial charge in [-0.15, -0.1) is 0 Å². The van der Waals surface area contributed by atoms with Crippen molar-refractivity contribution in [3.63, 3.8) is 0 Å². The molecule has 0 unspecified atom stereocenters. The third-order valence-corrected chi connectivity index (χ3v) is 3.64. The van der Waals surface area contributed by atoms with Gasteiger partial charge >= 0.3 is 0 Å². The van der Waals surface area contributed by atoms with E-state index in [-0.39, 0.29) is 5.84 Å². The van der Waals surface area contributed by atoms with Crippen LogP contribution >= 0.6 is 15.9 Å². The maximum Gasteiger partial charge on any atom is 0.172 e. The van der Waals surface area contributed by atoms with Crippen LogP contribution in [0, 0.1) is 0 Å². The Morgan fingerprint density at radius 1 is 1.38 bits per heavy atom. The largest absolute Gasteiger partial charge is 0.409 e. The maximum absolute atomic E-state index is 8.95. The van der Waals surface area contributed by atoms with E-state index in [0.29, 0.717) is 12.1 Å². The second kappa shape index (κ2) is 7.08. The molecule has 1 heterocycles. The van der Waals surface area contributed by atoms with Gasteiger partial charge in [-0.1, -0.05) is 27.2 Å². The van der Waals surface area contributed by atoms with Gasteiger partial charge in [0.25, 0.3) is 0 Å². The Balaban J connectivity index is 2.39. The van der Waals surface area contributed by atoms with Crippen molar-refractivity contribution in [1.29, 1.82) is 0 Å². The van der Waals surface area contributed by atoms with Crippen LogP contribution in [0.2, 0.25) is 0 Å². The molecule has 2 aromatic rings. The molecule has 0 radical (unpaired) electrons. The minimum absolute atomic E-state index is 0.0944. The normalized spacial score (nSPS) is 11.4. The van der Waals surface area contributed by atoms with Crippen molar-refractivity contribution < 1.29 is 5.21 Å². The number of pyridine rings is 1. The molecule has 1 aromatic heterocycles. The fourth-order valence-electron chi connectivity index (χ4n) is 2.09. The third kappa shape index (κ3) is 3.72. The van der Waals surface area contributed by atoms with Gasteiger partial charge in [0.15, 0.2) is 5.84 Å². The minimum atomic E-state index is 0.0944. The van der Waals surface area contributed by atoms with Crippen LogP contribution in [0.4, 0.5) is 5.69 Å². The van der Waals surface area contributed by atoms with E-state index in [1.165, 1.54) is 0 Å².